The molecule has 0 saturated carbocycles. The number of amides is 1. The predicted octanol–water partition coefficient (Wildman–Crippen LogP) is 5.01. The van der Waals surface area contributed by atoms with Crippen LogP contribution in [0.1, 0.15) is 41.1 Å². The number of ether oxygens (including phenoxy) is 1. The molecule has 2 heterocycles. The maximum Gasteiger partial charge on any atom is 0.337 e. The quantitative estimate of drug-likeness (QED) is 0.277. The molecule has 1 aliphatic heterocycles. The standard InChI is InChI=1S/C28H23ClN6O4S2/c1-39-26(38)16-7-11-18(12-8-16)32-22(37)14-40-28-34-33-27(41-28)35-20-3-2-4-21(36)24(20)23(19(13-30)25(35)31)15-5-9-17(29)10-6-15/h5-12,23H,2-4,14,31H2,1H3,(H,32,37). The molecule has 41 heavy (non-hydrogen) atoms. The Bertz CT molecular complexity index is 1630. The van der Waals surface area contributed by atoms with Gasteiger partial charge < -0.3 is 15.8 Å². The molecule has 3 aromatic rings. The summed E-state index contributed by atoms with van der Waals surface area (Å²) in [6, 6.07) is 15.6. The van der Waals surface area contributed by atoms with Crippen LogP contribution in [-0.4, -0.2) is 40.7 Å². The van der Waals surface area contributed by atoms with Gasteiger partial charge in [-0.25, -0.2) is 4.79 Å². The zero-order valence-electron chi connectivity index (χ0n) is 21.7. The summed E-state index contributed by atoms with van der Waals surface area (Å²) in [5.74, 6) is -1.10. The first-order chi connectivity index (χ1) is 19.8. The van der Waals surface area contributed by atoms with Gasteiger partial charge in [0.05, 0.1) is 36.0 Å². The molecule has 0 spiro atoms. The lowest BCUT2D eigenvalue weighted by molar-refractivity contribution is -0.116. The van der Waals surface area contributed by atoms with Crippen LogP contribution in [-0.2, 0) is 14.3 Å². The van der Waals surface area contributed by atoms with E-state index in [0.29, 0.717) is 56.3 Å². The van der Waals surface area contributed by atoms with E-state index in [4.69, 9.17) is 17.3 Å². The minimum Gasteiger partial charge on any atom is -0.465 e. The number of rotatable bonds is 7. The monoisotopic (exact) mass is 606 g/mol. The van der Waals surface area contributed by atoms with E-state index in [0.717, 1.165) is 5.56 Å². The lowest BCUT2D eigenvalue weighted by atomic mass is 9.76. The van der Waals surface area contributed by atoms with Crippen LogP contribution in [0.15, 0.2) is 75.5 Å². The van der Waals surface area contributed by atoms with E-state index < -0.39 is 11.9 Å². The number of halogens is 1. The zero-order valence-corrected chi connectivity index (χ0v) is 24.1. The lowest BCUT2D eigenvalue weighted by Crippen LogP contribution is -2.38. The number of nitriles is 1. The van der Waals surface area contributed by atoms with Crippen molar-refractivity contribution in [3.05, 3.63) is 87.3 Å². The molecule has 1 amide bonds. The second kappa shape index (κ2) is 12.1. The Labute approximate surface area is 248 Å². The van der Waals surface area contributed by atoms with Gasteiger partial charge >= 0.3 is 5.97 Å². The summed E-state index contributed by atoms with van der Waals surface area (Å²) >= 11 is 8.49. The second-order valence-corrected chi connectivity index (χ2v) is 11.7. The molecular weight excluding hydrogens is 584 g/mol. The smallest absolute Gasteiger partial charge is 0.337 e. The molecule has 1 atom stereocenters. The maximum absolute atomic E-state index is 13.2. The summed E-state index contributed by atoms with van der Waals surface area (Å²) < 4.78 is 5.20. The van der Waals surface area contributed by atoms with Crippen LogP contribution in [0.3, 0.4) is 0 Å². The highest BCUT2D eigenvalue weighted by atomic mass is 35.5. The number of esters is 1. The van der Waals surface area contributed by atoms with Crippen molar-refractivity contribution in [2.45, 2.75) is 29.5 Å². The van der Waals surface area contributed by atoms with E-state index in [2.05, 4.69) is 26.3 Å². The van der Waals surface area contributed by atoms with Crippen molar-refractivity contribution in [2.75, 3.05) is 23.1 Å². The Morgan fingerprint density at radius 2 is 1.93 bits per heavy atom. The molecule has 2 aromatic carbocycles. The summed E-state index contributed by atoms with van der Waals surface area (Å²) in [6.07, 6.45) is 1.62. The highest BCUT2D eigenvalue weighted by molar-refractivity contribution is 8.01. The highest BCUT2D eigenvalue weighted by Crippen LogP contribution is 2.47. The van der Waals surface area contributed by atoms with E-state index in [-0.39, 0.29) is 28.8 Å². The van der Waals surface area contributed by atoms with Gasteiger partial charge in [-0.1, -0.05) is 46.8 Å². The van der Waals surface area contributed by atoms with Gasteiger partial charge in [-0.15, -0.1) is 10.2 Å². The normalized spacial score (nSPS) is 16.8. The number of allylic oxidation sites excluding steroid dienone is 3. The number of aromatic nitrogens is 2. The van der Waals surface area contributed by atoms with Gasteiger partial charge in [-0.3, -0.25) is 14.5 Å². The third-order valence-electron chi connectivity index (χ3n) is 6.62. The number of Topliss-reactive ketones (excluding diaryl/α,β-unsaturated/α-hetero) is 1. The van der Waals surface area contributed by atoms with Gasteiger partial charge in [0.1, 0.15) is 5.82 Å². The van der Waals surface area contributed by atoms with E-state index in [9.17, 15) is 19.6 Å². The van der Waals surface area contributed by atoms with Gasteiger partial charge in [0.2, 0.25) is 11.0 Å². The molecule has 5 rings (SSSR count). The van der Waals surface area contributed by atoms with Gasteiger partial charge in [0.25, 0.3) is 0 Å². The Morgan fingerprint density at radius 1 is 1.20 bits per heavy atom. The fourth-order valence-electron chi connectivity index (χ4n) is 4.78. The number of hydrogen-bond donors (Lipinski definition) is 2. The van der Waals surface area contributed by atoms with E-state index in [1.165, 1.54) is 30.2 Å². The lowest BCUT2D eigenvalue weighted by Gasteiger charge is -2.38. The number of nitrogens with one attached hydrogen (secondary N) is 1. The number of ketones is 1. The first kappa shape index (κ1) is 28.4. The molecule has 0 bridgehead atoms. The van der Waals surface area contributed by atoms with Crippen molar-refractivity contribution < 1.29 is 19.1 Å². The minimum absolute atomic E-state index is 0.0353. The Kier molecular flexibility index (Phi) is 8.39. The molecule has 10 nitrogen and oxygen atoms in total. The average Bonchev–Trinajstić information content (AvgIpc) is 3.44. The van der Waals surface area contributed by atoms with E-state index in [1.807, 2.05) is 0 Å². The Balaban J connectivity index is 1.35. The zero-order chi connectivity index (χ0) is 29.1. The van der Waals surface area contributed by atoms with Crippen molar-refractivity contribution >= 4 is 63.2 Å². The third-order valence-corrected chi connectivity index (χ3v) is 8.91. The summed E-state index contributed by atoms with van der Waals surface area (Å²) in [7, 11) is 1.30. The molecule has 1 aromatic heterocycles. The molecule has 3 N–H and O–H groups in total. The highest BCUT2D eigenvalue weighted by Gasteiger charge is 2.41. The third kappa shape index (κ3) is 5.83. The summed E-state index contributed by atoms with van der Waals surface area (Å²) in [4.78, 5) is 39.0. The largest absolute Gasteiger partial charge is 0.465 e. The van der Waals surface area contributed by atoms with Crippen LogP contribution in [0.4, 0.5) is 10.8 Å². The van der Waals surface area contributed by atoms with Gasteiger partial charge in [-0.05, 0) is 54.8 Å². The fourth-order valence-corrected chi connectivity index (χ4v) is 6.58. The molecule has 0 fully saturated rings. The Hall–Kier alpha value is -4.18. The summed E-state index contributed by atoms with van der Waals surface area (Å²) in [5, 5.41) is 22.4. The van der Waals surface area contributed by atoms with Crippen molar-refractivity contribution in [3.63, 3.8) is 0 Å². The number of hydrogen-bond acceptors (Lipinski definition) is 11. The number of nitrogens with two attached hydrogens (primary N) is 1. The number of nitrogens with zero attached hydrogens (tertiary/aromatic N) is 4. The van der Waals surface area contributed by atoms with Crippen LogP contribution in [0, 0.1) is 11.3 Å². The van der Waals surface area contributed by atoms with E-state index in [1.54, 1.807) is 53.4 Å². The van der Waals surface area contributed by atoms with Crippen molar-refractivity contribution in [2.24, 2.45) is 5.73 Å². The van der Waals surface area contributed by atoms with Crippen LogP contribution in [0.5, 0.6) is 0 Å². The molecule has 208 valence electrons. The summed E-state index contributed by atoms with van der Waals surface area (Å²) in [6.45, 7) is 0. The summed E-state index contributed by atoms with van der Waals surface area (Å²) in [5.41, 5.74) is 9.75. The fraction of sp³-hybridized carbons (Fsp3) is 0.214. The topological polar surface area (TPSA) is 151 Å². The number of benzene rings is 2. The van der Waals surface area contributed by atoms with Gasteiger partial charge in [0, 0.05) is 28.4 Å². The number of carbonyl (C=O) groups is 3. The van der Waals surface area contributed by atoms with Crippen LogP contribution < -0.4 is 16.0 Å². The number of methoxy groups -OCH3 is 1. The molecule has 1 aliphatic carbocycles. The van der Waals surface area contributed by atoms with Crippen LogP contribution in [0.2, 0.25) is 5.02 Å². The first-order valence-corrected chi connectivity index (χ1v) is 14.6. The van der Waals surface area contributed by atoms with Gasteiger partial charge in [0.15, 0.2) is 10.1 Å². The molecule has 0 saturated heterocycles. The van der Waals surface area contributed by atoms with Crippen LogP contribution in [0.25, 0.3) is 0 Å². The molecule has 2 aliphatic rings. The minimum atomic E-state index is -0.594. The predicted molar refractivity (Wildman–Crippen MR) is 156 cm³/mol. The second-order valence-electron chi connectivity index (χ2n) is 9.12. The van der Waals surface area contributed by atoms with Crippen molar-refractivity contribution in [3.8, 4) is 6.07 Å². The number of anilines is 2. The molecule has 1 unspecified atom stereocenters. The molecular formula is C28H23ClN6O4S2. The Morgan fingerprint density at radius 3 is 2.61 bits per heavy atom. The SMILES string of the molecule is COC(=O)c1ccc(NC(=O)CSc2nnc(N3C(N)=C(C#N)C(c4ccc(Cl)cc4)C4=C3CCCC4=O)s2)cc1. The van der Waals surface area contributed by atoms with E-state index >= 15 is 0 Å². The number of thioether (sulfide) groups is 1. The molecule has 13 heteroatoms. The van der Waals surface area contributed by atoms with Crippen LogP contribution >= 0.6 is 34.7 Å². The number of carbonyl (C=O) groups excluding carboxylic acids is 3. The maximum atomic E-state index is 13.2. The first-order valence-electron chi connectivity index (χ1n) is 12.5. The van der Waals surface area contributed by atoms with Crippen molar-refractivity contribution in [1.29, 1.82) is 5.26 Å². The average molecular weight is 607 g/mol. The van der Waals surface area contributed by atoms with Crippen molar-refractivity contribution in [1.82, 2.24) is 10.2 Å². The molecule has 0 radical (unpaired) electrons. The van der Waals surface area contributed by atoms with Gasteiger partial charge in [-0.2, -0.15) is 5.26 Å².